The van der Waals surface area contributed by atoms with Crippen LogP contribution in [-0.2, 0) is 38.4 Å². The van der Waals surface area contributed by atoms with Gasteiger partial charge in [0.05, 0.1) is 0 Å². The molecule has 291 valence electrons. The summed E-state index contributed by atoms with van der Waals surface area (Å²) in [6.45, 7) is 26.8. The predicted molar refractivity (Wildman–Crippen MR) is 231 cm³/mol. The predicted octanol–water partition coefficient (Wildman–Crippen LogP) is 12.1. The molecule has 5 heterocycles. The van der Waals surface area contributed by atoms with E-state index in [1.807, 2.05) is 0 Å². The number of nitrogens with zero attached hydrogens (tertiary/aromatic N) is 6. The van der Waals surface area contributed by atoms with Gasteiger partial charge in [-0.3, -0.25) is 0 Å². The molecule has 9 rings (SSSR count). The van der Waals surface area contributed by atoms with Crippen LogP contribution in [0.2, 0.25) is 0 Å². The maximum atomic E-state index is 5.32. The average molecular weight is 798 g/mol. The van der Waals surface area contributed by atoms with Gasteiger partial charge in [-0.15, -0.1) is 0 Å². The van der Waals surface area contributed by atoms with Gasteiger partial charge in [-0.2, -0.15) is 0 Å². The first kappa shape index (κ1) is 38.6. The van der Waals surface area contributed by atoms with Crippen molar-refractivity contribution in [2.24, 2.45) is 0 Å². The maximum absolute atomic E-state index is 5.32. The number of aromatic nitrogens is 8. The fourth-order valence-electron chi connectivity index (χ4n) is 7.66. The third-order valence-corrected chi connectivity index (χ3v) is 11.3. The molecule has 0 spiro atoms. The molecule has 8 bridgehead atoms. The minimum Gasteiger partial charge on any atom is -0.324 e. The van der Waals surface area contributed by atoms with Gasteiger partial charge in [0.2, 0.25) is 0 Å². The van der Waals surface area contributed by atoms with Crippen LogP contribution in [0.5, 0.6) is 0 Å². The van der Waals surface area contributed by atoms with Gasteiger partial charge < -0.3 is 9.97 Å². The van der Waals surface area contributed by atoms with Gasteiger partial charge in [-0.1, -0.05) is 132 Å². The van der Waals surface area contributed by atoms with Crippen molar-refractivity contribution in [3.8, 4) is 45.6 Å². The fraction of sp³-hybridized carbons (Fsp3) is 0.333. The van der Waals surface area contributed by atoms with Crippen LogP contribution in [0.15, 0.2) is 72.8 Å². The first-order valence-corrected chi connectivity index (χ1v) is 19.6. The molecule has 4 aromatic carbocycles. The molecular weight excluding hydrogens is 748 g/mol. The first-order chi connectivity index (χ1) is 26.2. The molecule has 7 aromatic rings. The van der Waals surface area contributed by atoms with Gasteiger partial charge in [-0.05, 0) is 68.2 Å². The van der Waals surface area contributed by atoms with Crippen molar-refractivity contribution in [2.45, 2.75) is 105 Å². The van der Waals surface area contributed by atoms with Crippen LogP contribution in [0.4, 0.5) is 0 Å². The van der Waals surface area contributed by atoms with E-state index in [4.69, 9.17) is 29.9 Å². The SMILES string of the molecule is CC(C)(C)c1ccc2c(c1)-c1nc-2nc2[nH]c(nc3nc(nc4[nH]c(n1)c1ccc(C(C)(C)C)cc41)-c1ccc(C(C)(C)C)cc1-3)c1ccc(C(C)(C)C)cc21.[Co]. The summed E-state index contributed by atoms with van der Waals surface area (Å²) in [5.41, 5.74) is 11.1. The second-order valence-corrected chi connectivity index (χ2v) is 19.7. The molecule has 1 radical (unpaired) electrons. The summed E-state index contributed by atoms with van der Waals surface area (Å²) in [6.07, 6.45) is 0. The third-order valence-electron chi connectivity index (χ3n) is 11.3. The standard InChI is InChI=1S/C48H50N8.Co/c1-45(2,3)25-13-17-29-33(21-25)41-49-37(29)54-42-35-23-27(47(7,8)9)15-19-31(35)39(51-42)56-44-36-24-28(48(10,11)12)16-20-32(36)40(52-44)55-43-34-22-26(46(4,5)6)14-18-30(34)38(50-43)53-41;/h13-24H,1-12H3,(H2,49,50,51,52,53,54,55,56);. The zero-order valence-electron chi connectivity index (χ0n) is 34.9. The number of benzene rings is 4. The Labute approximate surface area is 344 Å². The Bertz CT molecular complexity index is 2760. The molecule has 0 atom stereocenters. The molecule has 2 N–H and O–H groups in total. The van der Waals surface area contributed by atoms with Gasteiger partial charge in [-0.25, -0.2) is 29.9 Å². The molecular formula is C48H50CoN8. The van der Waals surface area contributed by atoms with E-state index in [9.17, 15) is 0 Å². The van der Waals surface area contributed by atoms with E-state index in [1.54, 1.807) is 0 Å². The van der Waals surface area contributed by atoms with Crippen LogP contribution >= 0.6 is 0 Å². The molecule has 0 amide bonds. The smallest absolute Gasteiger partial charge is 0.164 e. The van der Waals surface area contributed by atoms with Crippen LogP contribution < -0.4 is 0 Å². The van der Waals surface area contributed by atoms with Crippen molar-refractivity contribution in [2.75, 3.05) is 0 Å². The normalized spacial score (nSPS) is 13.1. The summed E-state index contributed by atoms with van der Waals surface area (Å²) in [4.78, 5) is 38.9. The average Bonchev–Trinajstić information content (AvgIpc) is 3.84. The zero-order chi connectivity index (χ0) is 39.7. The van der Waals surface area contributed by atoms with Crippen LogP contribution in [0, 0.1) is 0 Å². The summed E-state index contributed by atoms with van der Waals surface area (Å²) in [6, 6.07) is 26.3. The number of hydrogen-bond acceptors (Lipinski definition) is 6. The summed E-state index contributed by atoms with van der Waals surface area (Å²) in [5, 5.41) is 3.89. The zero-order valence-corrected chi connectivity index (χ0v) is 36.0. The number of hydrogen-bond donors (Lipinski definition) is 2. The van der Waals surface area contributed by atoms with Crippen molar-refractivity contribution < 1.29 is 16.8 Å². The van der Waals surface area contributed by atoms with Gasteiger partial charge in [0.25, 0.3) is 0 Å². The third kappa shape index (κ3) is 6.64. The Morgan fingerprint density at radius 2 is 0.596 bits per heavy atom. The minimum atomic E-state index is -0.0686. The van der Waals surface area contributed by atoms with E-state index in [0.717, 1.165) is 43.8 Å². The second-order valence-electron chi connectivity index (χ2n) is 19.7. The van der Waals surface area contributed by atoms with Crippen molar-refractivity contribution in [1.82, 2.24) is 39.9 Å². The van der Waals surface area contributed by atoms with E-state index in [2.05, 4.69) is 166 Å². The molecule has 9 heteroatoms. The van der Waals surface area contributed by atoms with Gasteiger partial charge in [0, 0.05) is 60.6 Å². The fourth-order valence-corrected chi connectivity index (χ4v) is 7.66. The van der Waals surface area contributed by atoms with Crippen molar-refractivity contribution in [3.63, 3.8) is 0 Å². The topological polar surface area (TPSA) is 109 Å². The van der Waals surface area contributed by atoms with Crippen LogP contribution in [0.1, 0.15) is 105 Å². The molecule has 0 aliphatic carbocycles. The monoisotopic (exact) mass is 797 g/mol. The molecule has 3 aromatic heterocycles. The Hall–Kier alpha value is -5.25. The Balaban J connectivity index is 0.00000455. The van der Waals surface area contributed by atoms with Crippen LogP contribution in [-0.4, -0.2) is 39.9 Å². The molecule has 0 saturated carbocycles. The van der Waals surface area contributed by atoms with Crippen molar-refractivity contribution in [3.05, 3.63) is 95.1 Å². The Kier molecular flexibility index (Phi) is 8.72. The first-order valence-electron chi connectivity index (χ1n) is 19.6. The number of rotatable bonds is 0. The molecule has 57 heavy (non-hydrogen) atoms. The maximum Gasteiger partial charge on any atom is 0.164 e. The van der Waals surface area contributed by atoms with Gasteiger partial charge >= 0.3 is 0 Å². The molecule has 2 aliphatic heterocycles. The number of aromatic amines is 2. The molecule has 0 saturated heterocycles. The van der Waals surface area contributed by atoms with E-state index >= 15 is 0 Å². The van der Waals surface area contributed by atoms with Gasteiger partial charge in [0.15, 0.2) is 23.3 Å². The Morgan fingerprint density at radius 3 is 0.930 bits per heavy atom. The molecule has 2 aliphatic rings. The molecule has 8 nitrogen and oxygen atoms in total. The van der Waals surface area contributed by atoms with E-state index in [0.29, 0.717) is 45.9 Å². The van der Waals surface area contributed by atoms with Gasteiger partial charge in [0.1, 0.15) is 22.6 Å². The summed E-state index contributed by atoms with van der Waals surface area (Å²) in [5.74, 6) is 2.42. The number of H-pyrrole nitrogens is 2. The summed E-state index contributed by atoms with van der Waals surface area (Å²) in [7, 11) is 0. The molecule has 0 unspecified atom stereocenters. The van der Waals surface area contributed by atoms with Crippen LogP contribution in [0.25, 0.3) is 89.7 Å². The van der Waals surface area contributed by atoms with Crippen LogP contribution in [0.3, 0.4) is 0 Å². The quantitative estimate of drug-likeness (QED) is 0.158. The summed E-state index contributed by atoms with van der Waals surface area (Å²) >= 11 is 0. The van der Waals surface area contributed by atoms with E-state index in [-0.39, 0.29) is 38.4 Å². The molecule has 0 fully saturated rings. The van der Waals surface area contributed by atoms with Crippen molar-refractivity contribution in [1.29, 1.82) is 0 Å². The Morgan fingerprint density at radius 1 is 0.316 bits per heavy atom. The summed E-state index contributed by atoms with van der Waals surface area (Å²) < 4.78 is 0. The van der Waals surface area contributed by atoms with E-state index < -0.39 is 0 Å². The minimum absolute atomic E-state index is 0. The second kappa shape index (κ2) is 12.9. The van der Waals surface area contributed by atoms with Crippen molar-refractivity contribution >= 4 is 44.1 Å². The van der Waals surface area contributed by atoms with E-state index in [1.165, 1.54) is 22.3 Å². The number of nitrogens with one attached hydrogen (secondary N) is 2. The number of fused-ring (bicyclic) bond motifs is 20. The largest absolute Gasteiger partial charge is 0.324 e.